The van der Waals surface area contributed by atoms with Crippen LogP contribution in [-0.2, 0) is 13.0 Å². The fourth-order valence-electron chi connectivity index (χ4n) is 2.61. The molecule has 2 aromatic carbocycles. The Balaban J connectivity index is 2.14. The van der Waals surface area contributed by atoms with Gasteiger partial charge in [0, 0.05) is 18.8 Å². The number of fused-ring (bicyclic) bond motifs is 1. The Labute approximate surface area is 110 Å². The number of halogens is 2. The van der Waals surface area contributed by atoms with E-state index < -0.39 is 0 Å². The van der Waals surface area contributed by atoms with Crippen molar-refractivity contribution in [2.24, 2.45) is 5.73 Å². The maximum Gasteiger partial charge on any atom is 0.147 e. The topological polar surface area (TPSA) is 29.3 Å². The molecular weight excluding hydrogens is 246 g/mol. The first-order valence-corrected chi connectivity index (χ1v) is 6.24. The monoisotopic (exact) mass is 260 g/mol. The van der Waals surface area contributed by atoms with Crippen molar-refractivity contribution in [3.63, 3.8) is 0 Å². The minimum atomic E-state index is -0.319. The Morgan fingerprint density at radius 3 is 2.79 bits per heavy atom. The lowest BCUT2D eigenvalue weighted by Crippen LogP contribution is -2.18. The third kappa shape index (κ3) is 1.98. The summed E-state index contributed by atoms with van der Waals surface area (Å²) in [5.74, 6) is -0.628. The zero-order valence-corrected chi connectivity index (χ0v) is 10.4. The number of para-hydroxylation sites is 1. The second-order valence-corrected chi connectivity index (χ2v) is 4.63. The van der Waals surface area contributed by atoms with Crippen molar-refractivity contribution in [1.29, 1.82) is 0 Å². The molecule has 1 aliphatic heterocycles. The summed E-state index contributed by atoms with van der Waals surface area (Å²) in [5.41, 5.74) is 8.64. The van der Waals surface area contributed by atoms with Gasteiger partial charge in [0.25, 0.3) is 0 Å². The minimum Gasteiger partial charge on any atom is -0.338 e. The summed E-state index contributed by atoms with van der Waals surface area (Å²) in [6.45, 7) is 0.904. The number of hydrogen-bond donors (Lipinski definition) is 1. The van der Waals surface area contributed by atoms with Crippen LogP contribution in [0.2, 0.25) is 0 Å². The zero-order valence-electron chi connectivity index (χ0n) is 10.4. The number of hydrogen-bond acceptors (Lipinski definition) is 2. The summed E-state index contributed by atoms with van der Waals surface area (Å²) in [6, 6.07) is 9.50. The fourth-order valence-corrected chi connectivity index (χ4v) is 2.61. The molecular formula is C15H14F2N2. The lowest BCUT2D eigenvalue weighted by Gasteiger charge is -2.23. The fraction of sp³-hybridized carbons (Fsp3) is 0.200. The van der Waals surface area contributed by atoms with Crippen molar-refractivity contribution in [3.8, 4) is 0 Å². The van der Waals surface area contributed by atoms with E-state index in [1.54, 1.807) is 18.2 Å². The Morgan fingerprint density at radius 1 is 1.16 bits per heavy atom. The SMILES string of the molecule is NCc1cccc(F)c1N1CCc2ccc(F)cc21. The average molecular weight is 260 g/mol. The summed E-state index contributed by atoms with van der Waals surface area (Å²) in [5, 5.41) is 0. The maximum absolute atomic E-state index is 14.1. The van der Waals surface area contributed by atoms with Crippen LogP contribution < -0.4 is 10.6 Å². The second kappa shape index (κ2) is 4.63. The van der Waals surface area contributed by atoms with E-state index in [2.05, 4.69) is 0 Å². The molecule has 0 spiro atoms. The van der Waals surface area contributed by atoms with Gasteiger partial charge in [0.15, 0.2) is 0 Å². The predicted molar refractivity (Wildman–Crippen MR) is 71.4 cm³/mol. The molecule has 0 saturated carbocycles. The van der Waals surface area contributed by atoms with Crippen LogP contribution in [0.25, 0.3) is 0 Å². The highest BCUT2D eigenvalue weighted by Gasteiger charge is 2.24. The number of anilines is 2. The first-order chi connectivity index (χ1) is 9.20. The quantitative estimate of drug-likeness (QED) is 0.899. The van der Waals surface area contributed by atoms with Gasteiger partial charge in [-0.05, 0) is 35.7 Å². The van der Waals surface area contributed by atoms with Gasteiger partial charge in [-0.1, -0.05) is 18.2 Å². The van der Waals surface area contributed by atoms with Gasteiger partial charge in [-0.15, -0.1) is 0 Å². The molecule has 0 aliphatic carbocycles. The number of nitrogens with two attached hydrogens (primary N) is 1. The molecule has 2 aromatic rings. The van der Waals surface area contributed by atoms with Crippen LogP contribution in [0.15, 0.2) is 36.4 Å². The van der Waals surface area contributed by atoms with Crippen LogP contribution in [0.5, 0.6) is 0 Å². The van der Waals surface area contributed by atoms with Crippen LogP contribution in [0.3, 0.4) is 0 Å². The number of benzene rings is 2. The van der Waals surface area contributed by atoms with Gasteiger partial charge in [-0.3, -0.25) is 0 Å². The standard InChI is InChI=1S/C15H14F2N2/c16-12-5-4-10-6-7-19(14(10)8-12)15-11(9-18)2-1-3-13(15)17/h1-5,8H,6-7,9,18H2. The molecule has 0 radical (unpaired) electrons. The Hall–Kier alpha value is -1.94. The van der Waals surface area contributed by atoms with Gasteiger partial charge in [-0.2, -0.15) is 0 Å². The van der Waals surface area contributed by atoms with Crippen molar-refractivity contribution in [2.45, 2.75) is 13.0 Å². The van der Waals surface area contributed by atoms with Crippen LogP contribution in [0.1, 0.15) is 11.1 Å². The van der Waals surface area contributed by atoms with Gasteiger partial charge in [0.1, 0.15) is 11.6 Å². The molecule has 19 heavy (non-hydrogen) atoms. The largest absolute Gasteiger partial charge is 0.338 e. The minimum absolute atomic E-state index is 0.258. The van der Waals surface area contributed by atoms with Crippen molar-refractivity contribution in [2.75, 3.05) is 11.4 Å². The molecule has 0 saturated heterocycles. The summed E-state index contributed by atoms with van der Waals surface area (Å²) >= 11 is 0. The lowest BCUT2D eigenvalue weighted by molar-refractivity contribution is 0.621. The summed E-state index contributed by atoms with van der Waals surface area (Å²) in [7, 11) is 0. The van der Waals surface area contributed by atoms with Crippen molar-refractivity contribution in [3.05, 3.63) is 59.2 Å². The van der Waals surface area contributed by atoms with Gasteiger partial charge in [-0.25, -0.2) is 8.78 Å². The zero-order chi connectivity index (χ0) is 13.4. The summed E-state index contributed by atoms with van der Waals surface area (Å²) in [4.78, 5) is 1.82. The molecule has 4 heteroatoms. The van der Waals surface area contributed by atoms with E-state index in [1.165, 1.54) is 18.2 Å². The van der Waals surface area contributed by atoms with Crippen molar-refractivity contribution < 1.29 is 8.78 Å². The van der Waals surface area contributed by atoms with E-state index in [4.69, 9.17) is 5.73 Å². The van der Waals surface area contributed by atoms with E-state index in [-0.39, 0.29) is 18.2 Å². The van der Waals surface area contributed by atoms with Crippen molar-refractivity contribution in [1.82, 2.24) is 0 Å². The highest BCUT2D eigenvalue weighted by molar-refractivity contribution is 5.72. The molecule has 0 bridgehead atoms. The van der Waals surface area contributed by atoms with Gasteiger partial charge in [0.2, 0.25) is 0 Å². The first kappa shape index (κ1) is 12.1. The van der Waals surface area contributed by atoms with E-state index in [9.17, 15) is 8.78 Å². The number of nitrogens with zero attached hydrogens (tertiary/aromatic N) is 1. The highest BCUT2D eigenvalue weighted by atomic mass is 19.1. The molecule has 0 unspecified atom stereocenters. The molecule has 2 nitrogen and oxygen atoms in total. The van der Waals surface area contributed by atoms with Crippen LogP contribution in [0, 0.1) is 11.6 Å². The Morgan fingerprint density at radius 2 is 2.00 bits per heavy atom. The van der Waals surface area contributed by atoms with Crippen LogP contribution in [-0.4, -0.2) is 6.54 Å². The molecule has 1 aliphatic rings. The molecule has 3 rings (SSSR count). The Bertz CT molecular complexity index is 626. The maximum atomic E-state index is 14.1. The van der Waals surface area contributed by atoms with E-state index >= 15 is 0 Å². The van der Waals surface area contributed by atoms with E-state index in [0.717, 1.165) is 23.2 Å². The normalized spacial score (nSPS) is 13.7. The molecule has 0 amide bonds. The van der Waals surface area contributed by atoms with E-state index in [0.29, 0.717) is 12.2 Å². The third-order valence-electron chi connectivity index (χ3n) is 3.50. The van der Waals surface area contributed by atoms with Crippen LogP contribution in [0.4, 0.5) is 20.2 Å². The highest BCUT2D eigenvalue weighted by Crippen LogP contribution is 2.38. The summed E-state index contributed by atoms with van der Waals surface area (Å²) < 4.78 is 27.5. The molecule has 0 atom stereocenters. The smallest absolute Gasteiger partial charge is 0.147 e. The molecule has 0 fully saturated rings. The first-order valence-electron chi connectivity index (χ1n) is 6.24. The second-order valence-electron chi connectivity index (χ2n) is 4.63. The predicted octanol–water partition coefficient (Wildman–Crippen LogP) is 3.12. The number of rotatable bonds is 2. The van der Waals surface area contributed by atoms with Gasteiger partial charge < -0.3 is 10.6 Å². The van der Waals surface area contributed by atoms with Gasteiger partial charge in [0.05, 0.1) is 5.69 Å². The molecule has 0 aromatic heterocycles. The average Bonchev–Trinajstić information content (AvgIpc) is 2.81. The van der Waals surface area contributed by atoms with Gasteiger partial charge >= 0.3 is 0 Å². The molecule has 2 N–H and O–H groups in total. The Kier molecular flexibility index (Phi) is 2.95. The molecule has 98 valence electrons. The third-order valence-corrected chi connectivity index (χ3v) is 3.50. The van der Waals surface area contributed by atoms with Crippen LogP contribution >= 0.6 is 0 Å². The van der Waals surface area contributed by atoms with E-state index in [1.807, 2.05) is 4.90 Å². The van der Waals surface area contributed by atoms with Crippen molar-refractivity contribution >= 4 is 11.4 Å². The summed E-state index contributed by atoms with van der Waals surface area (Å²) in [6.07, 6.45) is 0.786. The lowest BCUT2D eigenvalue weighted by atomic mass is 10.1. The molecule has 1 heterocycles.